The van der Waals surface area contributed by atoms with Crippen LogP contribution in [0.15, 0.2) is 12.1 Å². The third-order valence-electron chi connectivity index (χ3n) is 4.96. The van der Waals surface area contributed by atoms with Crippen LogP contribution in [0.1, 0.15) is 42.0 Å². The highest BCUT2D eigenvalue weighted by molar-refractivity contribution is 6.04. The molecule has 8 heteroatoms. The van der Waals surface area contributed by atoms with E-state index in [1.165, 1.54) is 12.1 Å². The summed E-state index contributed by atoms with van der Waals surface area (Å²) in [5.74, 6) is -0.560. The average Bonchev–Trinajstić information content (AvgIpc) is 2.92. The van der Waals surface area contributed by atoms with E-state index in [0.717, 1.165) is 0 Å². The van der Waals surface area contributed by atoms with Crippen molar-refractivity contribution in [3.8, 4) is 0 Å². The fourth-order valence-electron chi connectivity index (χ4n) is 3.26. The van der Waals surface area contributed by atoms with Crippen LogP contribution in [0.2, 0.25) is 0 Å². The second-order valence-electron chi connectivity index (χ2n) is 7.82. The summed E-state index contributed by atoms with van der Waals surface area (Å²) in [7, 11) is 0. The summed E-state index contributed by atoms with van der Waals surface area (Å²) in [6, 6.07) is 2.51. The first-order valence-electron chi connectivity index (χ1n) is 9.91. The number of hydrogen-bond donors (Lipinski definition) is 0. The summed E-state index contributed by atoms with van der Waals surface area (Å²) in [5.41, 5.74) is 2.37. The molecule has 1 aliphatic rings. The molecule has 0 saturated carbocycles. The quantitative estimate of drug-likeness (QED) is 0.787. The van der Waals surface area contributed by atoms with Crippen LogP contribution in [0.25, 0.3) is 11.0 Å². The van der Waals surface area contributed by atoms with Gasteiger partial charge in [0.25, 0.3) is 5.91 Å². The molecule has 0 bridgehead atoms. The van der Waals surface area contributed by atoms with Crippen LogP contribution in [0.5, 0.6) is 0 Å². The van der Waals surface area contributed by atoms with Gasteiger partial charge in [-0.3, -0.25) is 4.79 Å². The van der Waals surface area contributed by atoms with Gasteiger partial charge in [0.2, 0.25) is 0 Å². The van der Waals surface area contributed by atoms with Gasteiger partial charge in [0.15, 0.2) is 0 Å². The largest absolute Gasteiger partial charge is 0.449 e. The maximum atomic E-state index is 14.1. The molecular weight excluding hydrogens is 375 g/mol. The Kier molecular flexibility index (Phi) is 6.30. The van der Waals surface area contributed by atoms with Crippen molar-refractivity contribution in [2.75, 3.05) is 32.8 Å². The molecule has 2 aromatic rings. The number of nitrogens with zero attached hydrogens (tertiary/aromatic N) is 4. The van der Waals surface area contributed by atoms with Gasteiger partial charge < -0.3 is 14.5 Å². The molecule has 3 rings (SSSR count). The van der Waals surface area contributed by atoms with Crippen molar-refractivity contribution in [1.82, 2.24) is 19.8 Å². The molecule has 0 aliphatic carbocycles. The van der Waals surface area contributed by atoms with Gasteiger partial charge >= 0.3 is 6.09 Å². The van der Waals surface area contributed by atoms with Crippen LogP contribution >= 0.6 is 0 Å². The van der Waals surface area contributed by atoms with Crippen LogP contribution in [0.4, 0.5) is 9.18 Å². The van der Waals surface area contributed by atoms with E-state index >= 15 is 0 Å². The Balaban J connectivity index is 1.79. The summed E-state index contributed by atoms with van der Waals surface area (Å²) >= 11 is 0. The van der Waals surface area contributed by atoms with E-state index in [1.54, 1.807) is 16.7 Å². The Bertz CT molecular complexity index is 932. The van der Waals surface area contributed by atoms with Crippen LogP contribution in [0.3, 0.4) is 0 Å². The lowest BCUT2D eigenvalue weighted by Gasteiger charge is -2.22. The number of hydrogen-bond acceptors (Lipinski definition) is 5. The topological polar surface area (TPSA) is 75.6 Å². The van der Waals surface area contributed by atoms with Gasteiger partial charge in [0.1, 0.15) is 11.3 Å². The van der Waals surface area contributed by atoms with Gasteiger partial charge in [-0.15, -0.1) is 0 Å². The molecule has 0 radical (unpaired) electrons. The summed E-state index contributed by atoms with van der Waals surface area (Å²) in [5, 5.41) is 0. The predicted octanol–water partition coefficient (Wildman–Crippen LogP) is 3.33. The highest BCUT2D eigenvalue weighted by Gasteiger charge is 2.26. The molecule has 29 heavy (non-hydrogen) atoms. The van der Waals surface area contributed by atoms with Crippen molar-refractivity contribution in [3.05, 3.63) is 34.9 Å². The Morgan fingerprint density at radius 2 is 1.72 bits per heavy atom. The summed E-state index contributed by atoms with van der Waals surface area (Å²) in [4.78, 5) is 37.5. The van der Waals surface area contributed by atoms with E-state index in [9.17, 15) is 14.0 Å². The van der Waals surface area contributed by atoms with E-state index in [1.807, 2.05) is 20.8 Å². The molecule has 7 nitrogen and oxygen atoms in total. The molecule has 1 aromatic heterocycles. The lowest BCUT2D eigenvalue weighted by Crippen LogP contribution is -2.38. The maximum absolute atomic E-state index is 14.1. The molecule has 156 valence electrons. The zero-order valence-corrected chi connectivity index (χ0v) is 17.4. The number of carbonyl (C=O) groups excluding carboxylic acids is 2. The van der Waals surface area contributed by atoms with Crippen LogP contribution in [0, 0.1) is 25.6 Å². The van der Waals surface area contributed by atoms with Gasteiger partial charge in [0.05, 0.1) is 29.1 Å². The summed E-state index contributed by atoms with van der Waals surface area (Å²) < 4.78 is 19.4. The lowest BCUT2D eigenvalue weighted by molar-refractivity contribution is 0.0747. The molecule has 1 aromatic carbocycles. The van der Waals surface area contributed by atoms with Gasteiger partial charge in [0, 0.05) is 32.2 Å². The summed E-state index contributed by atoms with van der Waals surface area (Å²) in [6.45, 7) is 9.65. The van der Waals surface area contributed by atoms with Crippen molar-refractivity contribution in [2.45, 2.75) is 34.1 Å². The maximum Gasteiger partial charge on any atom is 0.409 e. The number of halogens is 1. The number of rotatable bonds is 3. The normalized spacial score (nSPS) is 15.0. The first kappa shape index (κ1) is 21.0. The number of fused-ring (bicyclic) bond motifs is 1. The molecule has 2 heterocycles. The Hall–Kier alpha value is -2.77. The molecule has 0 spiro atoms. The number of aryl methyl sites for hydroxylation is 2. The van der Waals surface area contributed by atoms with E-state index in [-0.39, 0.29) is 23.5 Å². The first-order chi connectivity index (χ1) is 13.8. The fourth-order valence-corrected chi connectivity index (χ4v) is 3.26. The standard InChI is InChI=1S/C21H27FN4O3/c1-13(2)12-29-21(28)26-7-5-6-25(8-9-26)20(27)17-10-16(22)11-18-19(17)24-15(4)14(3)23-18/h10-11,13H,5-9,12H2,1-4H3. The Labute approximate surface area is 169 Å². The van der Waals surface area contributed by atoms with Crippen molar-refractivity contribution in [3.63, 3.8) is 0 Å². The molecule has 1 fully saturated rings. The summed E-state index contributed by atoms with van der Waals surface area (Å²) in [6.07, 6.45) is 0.265. The van der Waals surface area contributed by atoms with E-state index in [0.29, 0.717) is 61.6 Å². The second-order valence-corrected chi connectivity index (χ2v) is 7.82. The lowest BCUT2D eigenvalue weighted by atomic mass is 10.1. The Morgan fingerprint density at radius 1 is 1.07 bits per heavy atom. The number of aromatic nitrogens is 2. The Morgan fingerprint density at radius 3 is 2.45 bits per heavy atom. The predicted molar refractivity (Wildman–Crippen MR) is 107 cm³/mol. The van der Waals surface area contributed by atoms with E-state index in [4.69, 9.17) is 4.74 Å². The minimum atomic E-state index is -0.521. The highest BCUT2D eigenvalue weighted by atomic mass is 19.1. The van der Waals surface area contributed by atoms with Crippen molar-refractivity contribution < 1.29 is 18.7 Å². The highest BCUT2D eigenvalue weighted by Crippen LogP contribution is 2.21. The molecule has 1 saturated heterocycles. The minimum absolute atomic E-state index is 0.200. The molecule has 0 N–H and O–H groups in total. The van der Waals surface area contributed by atoms with Gasteiger partial charge in [-0.1, -0.05) is 13.8 Å². The SMILES string of the molecule is Cc1nc2cc(F)cc(C(=O)N3CCCN(C(=O)OCC(C)C)CC3)c2nc1C. The minimum Gasteiger partial charge on any atom is -0.449 e. The van der Waals surface area contributed by atoms with Gasteiger partial charge in [-0.2, -0.15) is 0 Å². The van der Waals surface area contributed by atoms with Crippen LogP contribution in [-0.2, 0) is 4.74 Å². The van der Waals surface area contributed by atoms with Gasteiger partial charge in [-0.05, 0) is 32.3 Å². The van der Waals surface area contributed by atoms with Crippen LogP contribution in [-0.4, -0.2) is 64.6 Å². The first-order valence-corrected chi connectivity index (χ1v) is 9.91. The monoisotopic (exact) mass is 402 g/mol. The molecule has 0 unspecified atom stereocenters. The number of benzene rings is 1. The zero-order chi connectivity index (χ0) is 21.1. The number of carbonyl (C=O) groups is 2. The van der Waals surface area contributed by atoms with E-state index in [2.05, 4.69) is 9.97 Å². The number of ether oxygens (including phenoxy) is 1. The van der Waals surface area contributed by atoms with E-state index < -0.39 is 5.82 Å². The number of amides is 2. The molecule has 1 aliphatic heterocycles. The fraction of sp³-hybridized carbons (Fsp3) is 0.524. The van der Waals surface area contributed by atoms with Crippen molar-refractivity contribution in [2.24, 2.45) is 5.92 Å². The second kappa shape index (κ2) is 8.71. The average molecular weight is 402 g/mol. The third-order valence-corrected chi connectivity index (χ3v) is 4.96. The third kappa shape index (κ3) is 4.81. The van der Waals surface area contributed by atoms with Crippen molar-refractivity contribution >= 4 is 23.0 Å². The molecule has 0 atom stereocenters. The van der Waals surface area contributed by atoms with Gasteiger partial charge in [-0.25, -0.2) is 19.2 Å². The molecular formula is C21H27FN4O3. The van der Waals surface area contributed by atoms with Crippen LogP contribution < -0.4 is 0 Å². The van der Waals surface area contributed by atoms with Crippen molar-refractivity contribution in [1.29, 1.82) is 0 Å². The zero-order valence-electron chi connectivity index (χ0n) is 17.4. The smallest absolute Gasteiger partial charge is 0.409 e. The molecule has 2 amide bonds.